The number of aromatic nitrogens is 5. The molecular weight excluding hydrogens is 472 g/mol. The normalized spacial score (nSPS) is 19.6. The first-order valence-corrected chi connectivity index (χ1v) is 13.8. The van der Waals surface area contributed by atoms with Gasteiger partial charge in [0.15, 0.2) is 5.82 Å². The van der Waals surface area contributed by atoms with Crippen molar-refractivity contribution in [1.82, 2.24) is 30.1 Å². The topological polar surface area (TPSA) is 88.9 Å². The minimum absolute atomic E-state index is 0.0964. The number of nitrogens with one attached hydrogen (secondary N) is 1. The van der Waals surface area contributed by atoms with Gasteiger partial charge in [-0.3, -0.25) is 9.69 Å². The van der Waals surface area contributed by atoms with Gasteiger partial charge in [0.2, 0.25) is 0 Å². The van der Waals surface area contributed by atoms with E-state index in [9.17, 15) is 4.79 Å². The molecule has 3 aromatic heterocycles. The Morgan fingerprint density at radius 3 is 2.86 bits per heavy atom. The summed E-state index contributed by atoms with van der Waals surface area (Å²) in [6, 6.07) is 12.3. The molecule has 0 bridgehead atoms. The molecule has 2 atom stereocenters. The third-order valence-electron chi connectivity index (χ3n) is 7.52. The molecule has 36 heavy (non-hydrogen) atoms. The summed E-state index contributed by atoms with van der Waals surface area (Å²) < 4.78 is 8.06. The third-order valence-corrected chi connectivity index (χ3v) is 8.38. The van der Waals surface area contributed by atoms with E-state index in [-0.39, 0.29) is 23.7 Å². The molecule has 4 heterocycles. The van der Waals surface area contributed by atoms with E-state index in [0.29, 0.717) is 18.7 Å². The van der Waals surface area contributed by atoms with Gasteiger partial charge in [-0.2, -0.15) is 0 Å². The van der Waals surface area contributed by atoms with Gasteiger partial charge in [0.25, 0.3) is 5.56 Å². The van der Waals surface area contributed by atoms with Crippen molar-refractivity contribution in [2.24, 2.45) is 0 Å². The molecule has 4 aromatic rings. The Balaban J connectivity index is 1.50. The molecule has 2 unspecified atom stereocenters. The molecule has 1 aromatic carbocycles. The Morgan fingerprint density at radius 1 is 1.19 bits per heavy atom. The van der Waals surface area contributed by atoms with Gasteiger partial charge in [0.05, 0.1) is 12.1 Å². The molecule has 1 N–H and O–H groups in total. The number of aromatic amines is 1. The first-order valence-electron chi connectivity index (χ1n) is 12.9. The molecule has 1 aliphatic carbocycles. The largest absolute Gasteiger partial charge is 0.377 e. The van der Waals surface area contributed by atoms with Crippen molar-refractivity contribution < 1.29 is 4.74 Å². The number of rotatable bonds is 8. The van der Waals surface area contributed by atoms with E-state index < -0.39 is 0 Å². The second kappa shape index (κ2) is 10.2. The molecule has 2 fully saturated rings. The summed E-state index contributed by atoms with van der Waals surface area (Å²) in [6.45, 7) is 4.27. The zero-order valence-electron chi connectivity index (χ0n) is 20.6. The highest BCUT2D eigenvalue weighted by atomic mass is 32.1. The van der Waals surface area contributed by atoms with Crippen LogP contribution in [0, 0.1) is 6.92 Å². The molecule has 6 rings (SSSR count). The van der Waals surface area contributed by atoms with Crippen LogP contribution >= 0.6 is 11.3 Å². The highest BCUT2D eigenvalue weighted by Crippen LogP contribution is 2.35. The molecule has 1 aliphatic heterocycles. The van der Waals surface area contributed by atoms with Gasteiger partial charge < -0.3 is 9.72 Å². The van der Waals surface area contributed by atoms with Gasteiger partial charge in [0, 0.05) is 35.7 Å². The third kappa shape index (κ3) is 4.75. The van der Waals surface area contributed by atoms with Crippen LogP contribution in [0.15, 0.2) is 46.6 Å². The number of H-pyrrole nitrogens is 1. The number of fused-ring (bicyclic) bond motifs is 1. The number of tetrazole rings is 1. The average Bonchev–Trinajstić information content (AvgIpc) is 3.68. The van der Waals surface area contributed by atoms with Gasteiger partial charge >= 0.3 is 0 Å². The van der Waals surface area contributed by atoms with Crippen molar-refractivity contribution in [2.45, 2.75) is 70.2 Å². The van der Waals surface area contributed by atoms with Crippen molar-refractivity contribution in [3.63, 3.8) is 0 Å². The average molecular weight is 505 g/mol. The minimum Gasteiger partial charge on any atom is -0.377 e. The lowest BCUT2D eigenvalue weighted by molar-refractivity contribution is 0.0574. The lowest BCUT2D eigenvalue weighted by Gasteiger charge is -2.33. The number of nitrogens with zero attached hydrogens (tertiary/aromatic N) is 5. The van der Waals surface area contributed by atoms with Crippen LogP contribution in [0.25, 0.3) is 10.9 Å². The molecule has 2 aliphatic rings. The van der Waals surface area contributed by atoms with E-state index in [2.05, 4.69) is 55.9 Å². The van der Waals surface area contributed by atoms with Crippen LogP contribution in [0.5, 0.6) is 0 Å². The maximum absolute atomic E-state index is 13.6. The molecule has 9 heteroatoms. The van der Waals surface area contributed by atoms with Crippen molar-refractivity contribution in [1.29, 1.82) is 0 Å². The number of hydrogen-bond donors (Lipinski definition) is 1. The highest BCUT2D eigenvalue weighted by Gasteiger charge is 2.35. The number of ether oxygens (including phenoxy) is 1. The molecule has 0 radical (unpaired) electrons. The quantitative estimate of drug-likeness (QED) is 0.372. The van der Waals surface area contributed by atoms with Gasteiger partial charge in [-0.25, -0.2) is 4.68 Å². The number of hydrogen-bond acceptors (Lipinski definition) is 7. The van der Waals surface area contributed by atoms with Crippen LogP contribution in [0.4, 0.5) is 0 Å². The first-order chi connectivity index (χ1) is 17.7. The predicted molar refractivity (Wildman–Crippen MR) is 140 cm³/mol. The van der Waals surface area contributed by atoms with E-state index in [1.807, 2.05) is 22.9 Å². The summed E-state index contributed by atoms with van der Waals surface area (Å²) in [7, 11) is 0. The van der Waals surface area contributed by atoms with E-state index in [4.69, 9.17) is 4.74 Å². The Morgan fingerprint density at radius 2 is 2.08 bits per heavy atom. The van der Waals surface area contributed by atoms with E-state index >= 15 is 0 Å². The second-order valence-electron chi connectivity index (χ2n) is 10.1. The van der Waals surface area contributed by atoms with Gasteiger partial charge in [0.1, 0.15) is 6.04 Å². The van der Waals surface area contributed by atoms with Crippen LogP contribution in [-0.4, -0.2) is 49.3 Å². The fourth-order valence-corrected chi connectivity index (χ4v) is 6.48. The van der Waals surface area contributed by atoms with Crippen molar-refractivity contribution in [2.75, 3.05) is 13.2 Å². The Hall–Kier alpha value is -2.88. The zero-order valence-corrected chi connectivity index (χ0v) is 21.4. The Kier molecular flexibility index (Phi) is 6.69. The van der Waals surface area contributed by atoms with E-state index in [0.717, 1.165) is 54.6 Å². The van der Waals surface area contributed by atoms with Crippen molar-refractivity contribution in [3.8, 4) is 0 Å². The molecule has 0 spiro atoms. The molecule has 1 saturated carbocycles. The molecular formula is C27H32N6O2S. The van der Waals surface area contributed by atoms with Gasteiger partial charge in [-0.05, 0) is 78.1 Å². The number of pyridine rings is 1. The van der Waals surface area contributed by atoms with Gasteiger partial charge in [-0.15, -0.1) is 16.4 Å². The maximum atomic E-state index is 13.6. The Bertz CT molecular complexity index is 1370. The van der Waals surface area contributed by atoms with Gasteiger partial charge in [-0.1, -0.05) is 30.5 Å². The fraction of sp³-hybridized carbons (Fsp3) is 0.481. The standard InChI is InChI=1S/C27H32N6O2S/c1-18-10-11-24-19(14-18)15-23(27(34)28-24)25(26-29-30-31-33(26)20-6-2-3-7-20)32(16-21-8-4-12-35-21)17-22-9-5-13-36-22/h5,9-11,13-15,20-21,25H,2-4,6-8,12,16-17H2,1H3,(H,28,34). The summed E-state index contributed by atoms with van der Waals surface area (Å²) in [4.78, 5) is 20.4. The van der Waals surface area contributed by atoms with E-state index in [1.54, 1.807) is 11.3 Å². The lowest BCUT2D eigenvalue weighted by Crippen LogP contribution is -2.39. The van der Waals surface area contributed by atoms with E-state index in [1.165, 1.54) is 17.7 Å². The summed E-state index contributed by atoms with van der Waals surface area (Å²) in [5.74, 6) is 0.744. The second-order valence-corrected chi connectivity index (χ2v) is 11.1. The number of benzene rings is 1. The minimum atomic E-state index is -0.388. The summed E-state index contributed by atoms with van der Waals surface area (Å²) in [5.41, 5.74) is 2.58. The summed E-state index contributed by atoms with van der Waals surface area (Å²) in [5, 5.41) is 16.3. The molecule has 8 nitrogen and oxygen atoms in total. The van der Waals surface area contributed by atoms with Crippen LogP contribution in [0.2, 0.25) is 0 Å². The lowest BCUT2D eigenvalue weighted by atomic mass is 10.0. The zero-order chi connectivity index (χ0) is 24.5. The van der Waals surface area contributed by atoms with Crippen LogP contribution in [0.3, 0.4) is 0 Å². The van der Waals surface area contributed by atoms with Crippen LogP contribution in [0.1, 0.15) is 72.4 Å². The van der Waals surface area contributed by atoms with Crippen LogP contribution in [-0.2, 0) is 11.3 Å². The molecule has 188 valence electrons. The predicted octanol–water partition coefficient (Wildman–Crippen LogP) is 4.77. The molecule has 0 amide bonds. The first kappa shape index (κ1) is 23.5. The van der Waals surface area contributed by atoms with Crippen molar-refractivity contribution >= 4 is 22.2 Å². The maximum Gasteiger partial charge on any atom is 0.253 e. The highest BCUT2D eigenvalue weighted by molar-refractivity contribution is 7.09. The molecule has 1 saturated heterocycles. The number of aryl methyl sites for hydroxylation is 1. The fourth-order valence-electron chi connectivity index (χ4n) is 5.75. The SMILES string of the molecule is Cc1ccc2[nH]c(=O)c(C(c3nnnn3C3CCCC3)N(Cc3cccs3)CC3CCCO3)cc2c1. The summed E-state index contributed by atoms with van der Waals surface area (Å²) in [6.07, 6.45) is 6.71. The Labute approximate surface area is 214 Å². The number of thiophene rings is 1. The van der Waals surface area contributed by atoms with Crippen molar-refractivity contribution in [3.05, 3.63) is 74.0 Å². The van der Waals surface area contributed by atoms with Crippen LogP contribution < -0.4 is 5.56 Å². The monoisotopic (exact) mass is 504 g/mol. The summed E-state index contributed by atoms with van der Waals surface area (Å²) >= 11 is 1.73. The smallest absolute Gasteiger partial charge is 0.253 e.